The van der Waals surface area contributed by atoms with Crippen molar-refractivity contribution in [3.63, 3.8) is 0 Å². The smallest absolute Gasteiger partial charge is 0.339 e. The van der Waals surface area contributed by atoms with Gasteiger partial charge in [-0.2, -0.15) is 0 Å². The first-order valence-corrected chi connectivity index (χ1v) is 7.50. The van der Waals surface area contributed by atoms with Gasteiger partial charge in [-0.15, -0.1) is 0 Å². The number of esters is 1. The molecule has 7 nitrogen and oxygen atoms in total. The normalized spacial score (nSPS) is 13.9. The fraction of sp³-hybridized carbons (Fsp3) is 0.312. The molecule has 1 fully saturated rings. The van der Waals surface area contributed by atoms with E-state index in [0.29, 0.717) is 22.8 Å². The van der Waals surface area contributed by atoms with Crippen molar-refractivity contribution in [1.82, 2.24) is 9.97 Å². The number of nitrogens with two attached hydrogens (primary N) is 1. The minimum Gasteiger partial charge on any atom is -0.465 e. The van der Waals surface area contributed by atoms with Crippen LogP contribution in [0.5, 0.6) is 0 Å². The van der Waals surface area contributed by atoms with Gasteiger partial charge in [0.2, 0.25) is 0 Å². The molecule has 0 saturated carbocycles. The fourth-order valence-corrected chi connectivity index (χ4v) is 2.67. The zero-order valence-corrected chi connectivity index (χ0v) is 13.0. The summed E-state index contributed by atoms with van der Waals surface area (Å²) >= 11 is 0. The molecule has 2 heterocycles. The van der Waals surface area contributed by atoms with Crippen molar-refractivity contribution in [3.8, 4) is 0 Å². The summed E-state index contributed by atoms with van der Waals surface area (Å²) in [6.07, 6.45) is 3.75. The van der Waals surface area contributed by atoms with Crippen LogP contribution in [0.4, 0.5) is 23.0 Å². The summed E-state index contributed by atoms with van der Waals surface area (Å²) in [5, 5.41) is 3.12. The lowest BCUT2D eigenvalue weighted by Gasteiger charge is -2.20. The Hall–Kier alpha value is -2.83. The topological polar surface area (TPSA) is 93.4 Å². The number of anilines is 4. The number of ether oxygens (including phenoxy) is 1. The molecule has 0 aliphatic carbocycles. The van der Waals surface area contributed by atoms with Crippen LogP contribution in [-0.2, 0) is 4.74 Å². The highest BCUT2D eigenvalue weighted by atomic mass is 16.5. The molecular formula is C16H19N5O2. The predicted octanol–water partition coefficient (Wildman–Crippen LogP) is 2.19. The third-order valence-corrected chi connectivity index (χ3v) is 3.85. The third-order valence-electron chi connectivity index (χ3n) is 3.85. The molecule has 0 bridgehead atoms. The van der Waals surface area contributed by atoms with Gasteiger partial charge in [-0.25, -0.2) is 14.8 Å². The van der Waals surface area contributed by atoms with Crippen LogP contribution in [0.2, 0.25) is 0 Å². The summed E-state index contributed by atoms with van der Waals surface area (Å²) in [7, 11) is 1.35. The van der Waals surface area contributed by atoms with E-state index in [0.717, 1.165) is 31.7 Å². The van der Waals surface area contributed by atoms with Gasteiger partial charge in [-0.05, 0) is 25.0 Å². The summed E-state index contributed by atoms with van der Waals surface area (Å²) in [5.41, 5.74) is 7.73. The molecule has 0 amide bonds. The molecule has 7 heteroatoms. The maximum atomic E-state index is 11.9. The number of para-hydroxylation sites is 1. The second-order valence-corrected chi connectivity index (χ2v) is 5.32. The average Bonchev–Trinajstić information content (AvgIpc) is 3.11. The number of benzene rings is 1. The Morgan fingerprint density at radius 3 is 2.74 bits per heavy atom. The van der Waals surface area contributed by atoms with E-state index in [1.807, 2.05) is 6.07 Å². The number of nitrogens with zero attached hydrogens (tertiary/aromatic N) is 3. The molecule has 23 heavy (non-hydrogen) atoms. The molecule has 1 aromatic carbocycles. The first kappa shape index (κ1) is 15.1. The predicted molar refractivity (Wildman–Crippen MR) is 89.0 cm³/mol. The maximum absolute atomic E-state index is 11.9. The summed E-state index contributed by atoms with van der Waals surface area (Å²) in [4.78, 5) is 22.5. The maximum Gasteiger partial charge on any atom is 0.339 e. The average molecular weight is 313 g/mol. The molecule has 3 N–H and O–H groups in total. The van der Waals surface area contributed by atoms with Crippen LogP contribution in [-0.4, -0.2) is 36.1 Å². The van der Waals surface area contributed by atoms with E-state index in [-0.39, 0.29) is 0 Å². The van der Waals surface area contributed by atoms with Crippen LogP contribution >= 0.6 is 0 Å². The first-order valence-electron chi connectivity index (χ1n) is 7.50. The molecule has 1 aliphatic heterocycles. The van der Waals surface area contributed by atoms with E-state index in [9.17, 15) is 4.79 Å². The van der Waals surface area contributed by atoms with Gasteiger partial charge in [0.05, 0.1) is 18.4 Å². The summed E-state index contributed by atoms with van der Waals surface area (Å²) in [5.74, 6) is 0.800. The van der Waals surface area contributed by atoms with Crippen molar-refractivity contribution in [2.45, 2.75) is 12.8 Å². The minimum atomic E-state index is -0.416. The zero-order chi connectivity index (χ0) is 16.2. The Balaban J connectivity index is 1.92. The van der Waals surface area contributed by atoms with E-state index < -0.39 is 5.97 Å². The SMILES string of the molecule is COC(=O)c1ccccc1Nc1ncnc(N2CCCC2)c1N. The second kappa shape index (κ2) is 6.51. The number of aromatic nitrogens is 2. The summed E-state index contributed by atoms with van der Waals surface area (Å²) in [6, 6.07) is 7.07. The van der Waals surface area contributed by atoms with Crippen molar-refractivity contribution in [2.75, 3.05) is 36.1 Å². The van der Waals surface area contributed by atoms with Gasteiger partial charge in [0, 0.05) is 13.1 Å². The van der Waals surface area contributed by atoms with Crippen LogP contribution in [0.25, 0.3) is 0 Å². The van der Waals surface area contributed by atoms with Crippen LogP contribution < -0.4 is 16.0 Å². The van der Waals surface area contributed by atoms with Crippen molar-refractivity contribution in [1.29, 1.82) is 0 Å². The standard InChI is InChI=1S/C16H19N5O2/c1-23-16(22)11-6-2-3-7-12(11)20-14-13(17)15(19-10-18-14)21-8-4-5-9-21/h2-3,6-7,10H,4-5,8-9,17H2,1H3,(H,18,19,20). The molecule has 1 aliphatic rings. The van der Waals surface area contributed by atoms with Crippen molar-refractivity contribution >= 4 is 29.0 Å². The number of carbonyl (C=O) groups excluding carboxylic acids is 1. The number of methoxy groups -OCH3 is 1. The van der Waals surface area contributed by atoms with Crippen LogP contribution in [0.1, 0.15) is 23.2 Å². The lowest BCUT2D eigenvalue weighted by atomic mass is 10.2. The largest absolute Gasteiger partial charge is 0.465 e. The Morgan fingerprint density at radius 2 is 2.00 bits per heavy atom. The Kier molecular flexibility index (Phi) is 4.27. The highest BCUT2D eigenvalue weighted by molar-refractivity contribution is 5.97. The highest BCUT2D eigenvalue weighted by Gasteiger charge is 2.19. The summed E-state index contributed by atoms with van der Waals surface area (Å²) < 4.78 is 4.80. The first-order chi connectivity index (χ1) is 11.2. The zero-order valence-electron chi connectivity index (χ0n) is 13.0. The van der Waals surface area contributed by atoms with Gasteiger partial charge >= 0.3 is 5.97 Å². The Morgan fingerprint density at radius 1 is 1.26 bits per heavy atom. The Bertz CT molecular complexity index is 713. The van der Waals surface area contributed by atoms with Gasteiger partial charge in [0.25, 0.3) is 0 Å². The molecular weight excluding hydrogens is 294 g/mol. The van der Waals surface area contributed by atoms with Crippen molar-refractivity contribution < 1.29 is 9.53 Å². The number of hydrogen-bond donors (Lipinski definition) is 2. The summed E-state index contributed by atoms with van der Waals surface area (Å²) in [6.45, 7) is 1.89. The number of nitrogen functional groups attached to an aromatic ring is 1. The van der Waals surface area contributed by atoms with Crippen LogP contribution in [0.15, 0.2) is 30.6 Å². The quantitative estimate of drug-likeness (QED) is 0.836. The number of carbonyl (C=O) groups is 1. The van der Waals surface area contributed by atoms with Crippen molar-refractivity contribution in [2.24, 2.45) is 0 Å². The van der Waals surface area contributed by atoms with Gasteiger partial charge < -0.3 is 20.7 Å². The minimum absolute atomic E-state index is 0.416. The molecule has 1 saturated heterocycles. The van der Waals surface area contributed by atoms with Crippen molar-refractivity contribution in [3.05, 3.63) is 36.2 Å². The molecule has 1 aromatic heterocycles. The fourth-order valence-electron chi connectivity index (χ4n) is 2.67. The highest BCUT2D eigenvalue weighted by Crippen LogP contribution is 2.31. The lowest BCUT2D eigenvalue weighted by molar-refractivity contribution is 0.0602. The third kappa shape index (κ3) is 3.03. The molecule has 0 unspecified atom stereocenters. The van der Waals surface area contributed by atoms with Gasteiger partial charge in [0.1, 0.15) is 12.0 Å². The monoisotopic (exact) mass is 313 g/mol. The molecule has 0 radical (unpaired) electrons. The van der Waals surface area contributed by atoms with E-state index in [1.54, 1.807) is 18.2 Å². The molecule has 2 aromatic rings. The van der Waals surface area contributed by atoms with E-state index in [4.69, 9.17) is 10.5 Å². The second-order valence-electron chi connectivity index (χ2n) is 5.32. The number of hydrogen-bond acceptors (Lipinski definition) is 7. The lowest BCUT2D eigenvalue weighted by Crippen LogP contribution is -2.21. The molecule has 3 rings (SSSR count). The van der Waals surface area contributed by atoms with Crippen LogP contribution in [0.3, 0.4) is 0 Å². The van der Waals surface area contributed by atoms with E-state index in [1.165, 1.54) is 13.4 Å². The van der Waals surface area contributed by atoms with Gasteiger partial charge in [-0.3, -0.25) is 0 Å². The number of rotatable bonds is 4. The van der Waals surface area contributed by atoms with E-state index >= 15 is 0 Å². The molecule has 0 atom stereocenters. The van der Waals surface area contributed by atoms with Crippen LogP contribution in [0, 0.1) is 0 Å². The number of nitrogens with one attached hydrogen (secondary N) is 1. The van der Waals surface area contributed by atoms with E-state index in [2.05, 4.69) is 20.2 Å². The Labute approximate surface area is 134 Å². The van der Waals surface area contributed by atoms with Gasteiger partial charge in [-0.1, -0.05) is 12.1 Å². The molecule has 0 spiro atoms. The molecule has 120 valence electrons. The van der Waals surface area contributed by atoms with Gasteiger partial charge in [0.15, 0.2) is 11.6 Å².